The van der Waals surface area contributed by atoms with Gasteiger partial charge in [0.1, 0.15) is 5.75 Å². The Balaban J connectivity index is 2.61. The van der Waals surface area contributed by atoms with E-state index in [-0.39, 0.29) is 0 Å². The highest BCUT2D eigenvalue weighted by molar-refractivity contribution is 6.32. The van der Waals surface area contributed by atoms with E-state index < -0.39 is 0 Å². The number of ether oxygens (including phenoxy) is 1. The summed E-state index contributed by atoms with van der Waals surface area (Å²) in [5.74, 6) is 0.776. The van der Waals surface area contributed by atoms with Crippen LogP contribution in [0.15, 0.2) is 30.9 Å². The molecule has 0 radical (unpaired) electrons. The van der Waals surface area contributed by atoms with E-state index >= 15 is 0 Å². The molecule has 0 aliphatic heterocycles. The fourth-order valence-electron chi connectivity index (χ4n) is 1.28. The van der Waals surface area contributed by atoms with Crippen molar-refractivity contribution in [2.45, 2.75) is 26.2 Å². The second kappa shape index (κ2) is 6.52. The summed E-state index contributed by atoms with van der Waals surface area (Å²) in [5, 5.41) is 0.686. The first kappa shape index (κ1) is 12.1. The summed E-state index contributed by atoms with van der Waals surface area (Å²) in [7, 11) is 0. The summed E-state index contributed by atoms with van der Waals surface area (Å²) in [6.45, 7) is 6.56. The summed E-state index contributed by atoms with van der Waals surface area (Å²) in [6, 6.07) is 5.89. The smallest absolute Gasteiger partial charge is 0.137 e. The molecule has 1 aromatic rings. The Morgan fingerprint density at radius 1 is 1.47 bits per heavy atom. The SMILES string of the molecule is C=CCc1ccc(OCCCC)c(Cl)c1. The van der Waals surface area contributed by atoms with Crippen molar-refractivity contribution in [3.63, 3.8) is 0 Å². The van der Waals surface area contributed by atoms with Crippen LogP contribution in [0.25, 0.3) is 0 Å². The van der Waals surface area contributed by atoms with Crippen molar-refractivity contribution in [1.29, 1.82) is 0 Å². The average molecular weight is 225 g/mol. The van der Waals surface area contributed by atoms with Crippen molar-refractivity contribution in [2.75, 3.05) is 6.61 Å². The number of unbranched alkanes of at least 4 members (excludes halogenated alkanes) is 1. The summed E-state index contributed by atoms with van der Waals surface area (Å²) in [6.07, 6.45) is 4.90. The van der Waals surface area contributed by atoms with E-state index in [0.29, 0.717) is 5.02 Å². The van der Waals surface area contributed by atoms with Crippen LogP contribution in [0.5, 0.6) is 5.75 Å². The lowest BCUT2D eigenvalue weighted by Crippen LogP contribution is -1.97. The second-order valence-corrected chi connectivity index (χ2v) is 3.87. The van der Waals surface area contributed by atoms with Gasteiger partial charge in [-0.05, 0) is 30.5 Å². The van der Waals surface area contributed by atoms with Crippen LogP contribution in [0.4, 0.5) is 0 Å². The van der Waals surface area contributed by atoms with Crippen LogP contribution in [0.2, 0.25) is 5.02 Å². The topological polar surface area (TPSA) is 9.23 Å². The van der Waals surface area contributed by atoms with Crippen LogP contribution in [0.3, 0.4) is 0 Å². The van der Waals surface area contributed by atoms with Crippen molar-refractivity contribution in [3.05, 3.63) is 41.4 Å². The Morgan fingerprint density at radius 2 is 2.27 bits per heavy atom. The third-order valence-electron chi connectivity index (χ3n) is 2.13. The van der Waals surface area contributed by atoms with Gasteiger partial charge in [0.15, 0.2) is 0 Å². The lowest BCUT2D eigenvalue weighted by Gasteiger charge is -2.08. The van der Waals surface area contributed by atoms with Crippen LogP contribution in [0, 0.1) is 0 Å². The molecule has 15 heavy (non-hydrogen) atoms. The first-order valence-corrected chi connectivity index (χ1v) is 5.67. The van der Waals surface area contributed by atoms with E-state index in [1.807, 2.05) is 24.3 Å². The predicted octanol–water partition coefficient (Wildman–Crippen LogP) is 4.25. The highest BCUT2D eigenvalue weighted by Crippen LogP contribution is 2.25. The lowest BCUT2D eigenvalue weighted by molar-refractivity contribution is 0.309. The van der Waals surface area contributed by atoms with Gasteiger partial charge in [0, 0.05) is 0 Å². The number of benzene rings is 1. The third kappa shape index (κ3) is 3.96. The molecule has 0 aliphatic carbocycles. The summed E-state index contributed by atoms with van der Waals surface area (Å²) >= 11 is 6.08. The van der Waals surface area contributed by atoms with Gasteiger partial charge >= 0.3 is 0 Å². The molecule has 1 aromatic carbocycles. The fourth-order valence-corrected chi connectivity index (χ4v) is 1.54. The number of allylic oxidation sites excluding steroid dienone is 1. The third-order valence-corrected chi connectivity index (χ3v) is 2.43. The van der Waals surface area contributed by atoms with Crippen molar-refractivity contribution in [2.24, 2.45) is 0 Å². The molecule has 0 amide bonds. The molecule has 0 fully saturated rings. The molecule has 2 heteroatoms. The van der Waals surface area contributed by atoms with E-state index in [0.717, 1.165) is 37.2 Å². The lowest BCUT2D eigenvalue weighted by atomic mass is 10.1. The van der Waals surface area contributed by atoms with Gasteiger partial charge < -0.3 is 4.74 Å². The Hall–Kier alpha value is -0.950. The Morgan fingerprint density at radius 3 is 2.87 bits per heavy atom. The molecule has 0 heterocycles. The van der Waals surface area contributed by atoms with Crippen LogP contribution in [-0.2, 0) is 6.42 Å². The Labute approximate surface area is 96.7 Å². The maximum atomic E-state index is 6.08. The minimum Gasteiger partial charge on any atom is -0.492 e. The van der Waals surface area contributed by atoms with Gasteiger partial charge in [-0.15, -0.1) is 6.58 Å². The molecule has 0 bridgehead atoms. The Bertz CT molecular complexity index is 320. The van der Waals surface area contributed by atoms with Gasteiger partial charge in [-0.25, -0.2) is 0 Å². The van der Waals surface area contributed by atoms with Crippen molar-refractivity contribution in [3.8, 4) is 5.75 Å². The molecule has 1 nitrogen and oxygen atoms in total. The zero-order chi connectivity index (χ0) is 11.1. The highest BCUT2D eigenvalue weighted by Gasteiger charge is 2.01. The number of rotatable bonds is 6. The molecule has 0 saturated carbocycles. The predicted molar refractivity (Wildman–Crippen MR) is 65.8 cm³/mol. The number of hydrogen-bond acceptors (Lipinski definition) is 1. The van der Waals surface area contributed by atoms with Crippen LogP contribution in [-0.4, -0.2) is 6.61 Å². The van der Waals surface area contributed by atoms with E-state index in [4.69, 9.17) is 16.3 Å². The zero-order valence-corrected chi connectivity index (χ0v) is 9.89. The number of hydrogen-bond donors (Lipinski definition) is 0. The molecule has 0 aromatic heterocycles. The van der Waals surface area contributed by atoms with Crippen LogP contribution in [0.1, 0.15) is 25.3 Å². The van der Waals surface area contributed by atoms with E-state index in [2.05, 4.69) is 13.5 Å². The first-order chi connectivity index (χ1) is 7.27. The standard InChI is InChI=1S/C13H17ClO/c1-3-5-9-15-13-8-7-11(6-4-2)10-12(13)14/h4,7-8,10H,2-3,5-6,9H2,1H3. The molecule has 0 unspecified atom stereocenters. The van der Waals surface area contributed by atoms with Crippen molar-refractivity contribution in [1.82, 2.24) is 0 Å². The first-order valence-electron chi connectivity index (χ1n) is 5.30. The highest BCUT2D eigenvalue weighted by atomic mass is 35.5. The van der Waals surface area contributed by atoms with Gasteiger partial charge in [0.05, 0.1) is 11.6 Å². The van der Waals surface area contributed by atoms with E-state index in [1.165, 1.54) is 0 Å². The van der Waals surface area contributed by atoms with Crippen molar-refractivity contribution >= 4 is 11.6 Å². The zero-order valence-electron chi connectivity index (χ0n) is 9.13. The fraction of sp³-hybridized carbons (Fsp3) is 0.385. The molecule has 1 rings (SSSR count). The number of halogens is 1. The van der Waals surface area contributed by atoms with Gasteiger partial charge in [-0.2, -0.15) is 0 Å². The van der Waals surface area contributed by atoms with Crippen LogP contribution >= 0.6 is 11.6 Å². The molecule has 0 spiro atoms. The summed E-state index contributed by atoms with van der Waals surface area (Å²) in [4.78, 5) is 0. The molecule has 0 saturated heterocycles. The quantitative estimate of drug-likeness (QED) is 0.519. The van der Waals surface area contributed by atoms with Gasteiger partial charge in [-0.1, -0.05) is 37.1 Å². The van der Waals surface area contributed by atoms with E-state index in [9.17, 15) is 0 Å². The monoisotopic (exact) mass is 224 g/mol. The van der Waals surface area contributed by atoms with Crippen molar-refractivity contribution < 1.29 is 4.74 Å². The van der Waals surface area contributed by atoms with Gasteiger partial charge in [0.2, 0.25) is 0 Å². The maximum absolute atomic E-state index is 6.08. The average Bonchev–Trinajstić information content (AvgIpc) is 2.22. The largest absolute Gasteiger partial charge is 0.492 e. The molecule has 0 atom stereocenters. The second-order valence-electron chi connectivity index (χ2n) is 3.46. The van der Waals surface area contributed by atoms with Gasteiger partial charge in [0.25, 0.3) is 0 Å². The van der Waals surface area contributed by atoms with Crippen LogP contribution < -0.4 is 4.74 Å². The minimum absolute atomic E-state index is 0.686. The Kier molecular flexibility index (Phi) is 5.27. The molecular weight excluding hydrogens is 208 g/mol. The molecule has 0 aliphatic rings. The minimum atomic E-state index is 0.686. The summed E-state index contributed by atoms with van der Waals surface area (Å²) in [5.41, 5.74) is 1.16. The molecular formula is C13H17ClO. The van der Waals surface area contributed by atoms with E-state index in [1.54, 1.807) is 0 Å². The normalized spacial score (nSPS) is 10.0. The summed E-state index contributed by atoms with van der Waals surface area (Å²) < 4.78 is 5.55. The molecule has 82 valence electrons. The molecule has 0 N–H and O–H groups in total. The maximum Gasteiger partial charge on any atom is 0.137 e. The van der Waals surface area contributed by atoms with Gasteiger partial charge in [-0.3, -0.25) is 0 Å².